The second-order valence-electron chi connectivity index (χ2n) is 4.03. The molecule has 0 saturated carbocycles. The summed E-state index contributed by atoms with van der Waals surface area (Å²) in [6.07, 6.45) is 1.22. The van der Waals surface area contributed by atoms with E-state index in [0.717, 1.165) is 31.1 Å². The lowest BCUT2D eigenvalue weighted by Crippen LogP contribution is -2.29. The highest BCUT2D eigenvalue weighted by Crippen LogP contribution is 2.03. The molecule has 0 radical (unpaired) electrons. The first-order valence-corrected chi connectivity index (χ1v) is 6.16. The number of likely N-dealkylation sites (N-methyl/N-ethyl adjacent to an activating group) is 1. The number of nitrogens with zero attached hydrogens (tertiary/aromatic N) is 2. The standard InChI is InChI=1S/C13H23N3/c1-4-10-16(5-2)11-9-14-13-8-6-7-12(3)15-13/h6-8H,4-5,9-11H2,1-3H3,(H,14,15). The monoisotopic (exact) mass is 221 g/mol. The minimum Gasteiger partial charge on any atom is -0.369 e. The summed E-state index contributed by atoms with van der Waals surface area (Å²) in [5.74, 6) is 0.979. The fourth-order valence-electron chi connectivity index (χ4n) is 1.73. The van der Waals surface area contributed by atoms with Crippen molar-refractivity contribution in [3.8, 4) is 0 Å². The second kappa shape index (κ2) is 7.23. The van der Waals surface area contributed by atoms with Crippen LogP contribution in [0.2, 0.25) is 0 Å². The molecule has 0 amide bonds. The van der Waals surface area contributed by atoms with Crippen LogP contribution >= 0.6 is 0 Å². The number of anilines is 1. The van der Waals surface area contributed by atoms with Gasteiger partial charge in [-0.2, -0.15) is 0 Å². The lowest BCUT2D eigenvalue weighted by atomic mass is 10.3. The Morgan fingerprint density at radius 1 is 1.25 bits per heavy atom. The Hall–Kier alpha value is -1.09. The molecule has 0 fully saturated rings. The van der Waals surface area contributed by atoms with Gasteiger partial charge in [0.15, 0.2) is 0 Å². The Labute approximate surface area is 98.9 Å². The smallest absolute Gasteiger partial charge is 0.126 e. The Kier molecular flexibility index (Phi) is 5.86. The van der Waals surface area contributed by atoms with Gasteiger partial charge in [-0.1, -0.05) is 19.9 Å². The van der Waals surface area contributed by atoms with Crippen LogP contribution < -0.4 is 5.32 Å². The highest BCUT2D eigenvalue weighted by Gasteiger charge is 2.00. The summed E-state index contributed by atoms with van der Waals surface area (Å²) < 4.78 is 0. The SMILES string of the molecule is CCCN(CC)CCNc1cccc(C)n1. The van der Waals surface area contributed by atoms with Gasteiger partial charge in [-0.25, -0.2) is 4.98 Å². The third-order valence-corrected chi connectivity index (χ3v) is 2.61. The number of aryl methyl sites for hydroxylation is 1. The Balaban J connectivity index is 2.29. The lowest BCUT2D eigenvalue weighted by molar-refractivity contribution is 0.300. The average Bonchev–Trinajstić information content (AvgIpc) is 2.28. The second-order valence-corrected chi connectivity index (χ2v) is 4.03. The molecule has 0 atom stereocenters. The number of hydrogen-bond acceptors (Lipinski definition) is 3. The van der Waals surface area contributed by atoms with Crippen molar-refractivity contribution in [3.63, 3.8) is 0 Å². The Morgan fingerprint density at radius 3 is 2.69 bits per heavy atom. The molecule has 3 nitrogen and oxygen atoms in total. The summed E-state index contributed by atoms with van der Waals surface area (Å²) in [4.78, 5) is 6.86. The van der Waals surface area contributed by atoms with Gasteiger partial charge in [-0.3, -0.25) is 0 Å². The van der Waals surface area contributed by atoms with Gasteiger partial charge in [0.1, 0.15) is 5.82 Å². The van der Waals surface area contributed by atoms with E-state index in [1.54, 1.807) is 0 Å². The molecule has 1 aromatic heterocycles. The molecule has 0 aliphatic heterocycles. The van der Waals surface area contributed by atoms with E-state index in [0.29, 0.717) is 0 Å². The van der Waals surface area contributed by atoms with Crippen LogP contribution in [0.1, 0.15) is 26.0 Å². The minimum atomic E-state index is 0.963. The van der Waals surface area contributed by atoms with Crippen LogP contribution in [0.5, 0.6) is 0 Å². The van der Waals surface area contributed by atoms with E-state index in [4.69, 9.17) is 0 Å². The molecule has 0 saturated heterocycles. The van der Waals surface area contributed by atoms with Crippen molar-refractivity contribution in [2.24, 2.45) is 0 Å². The van der Waals surface area contributed by atoms with Crippen LogP contribution in [0.25, 0.3) is 0 Å². The van der Waals surface area contributed by atoms with Crippen LogP contribution in [-0.4, -0.2) is 36.1 Å². The maximum absolute atomic E-state index is 4.41. The molecule has 16 heavy (non-hydrogen) atoms. The predicted molar refractivity (Wildman–Crippen MR) is 69.9 cm³/mol. The van der Waals surface area contributed by atoms with Gasteiger partial charge in [0.2, 0.25) is 0 Å². The molecule has 1 N–H and O–H groups in total. The van der Waals surface area contributed by atoms with Gasteiger partial charge in [0.25, 0.3) is 0 Å². The summed E-state index contributed by atoms with van der Waals surface area (Å²) in [5, 5.41) is 3.36. The first-order chi connectivity index (χ1) is 7.76. The number of hydrogen-bond donors (Lipinski definition) is 1. The topological polar surface area (TPSA) is 28.2 Å². The zero-order chi connectivity index (χ0) is 11.8. The van der Waals surface area contributed by atoms with Crippen molar-refractivity contribution in [2.75, 3.05) is 31.5 Å². The van der Waals surface area contributed by atoms with Gasteiger partial charge in [0, 0.05) is 18.8 Å². The molecule has 1 aromatic rings. The molecule has 0 spiro atoms. The highest BCUT2D eigenvalue weighted by molar-refractivity contribution is 5.34. The lowest BCUT2D eigenvalue weighted by Gasteiger charge is -2.19. The first kappa shape index (κ1) is 13.0. The van der Waals surface area contributed by atoms with Crippen LogP contribution in [0.4, 0.5) is 5.82 Å². The largest absolute Gasteiger partial charge is 0.369 e. The van der Waals surface area contributed by atoms with E-state index in [9.17, 15) is 0 Å². The van der Waals surface area contributed by atoms with Crippen molar-refractivity contribution in [1.82, 2.24) is 9.88 Å². The van der Waals surface area contributed by atoms with Gasteiger partial charge < -0.3 is 10.2 Å². The van der Waals surface area contributed by atoms with Crippen LogP contribution in [0.3, 0.4) is 0 Å². The molecule has 0 aromatic carbocycles. The maximum atomic E-state index is 4.41. The third kappa shape index (κ3) is 4.62. The Morgan fingerprint density at radius 2 is 2.06 bits per heavy atom. The fourth-order valence-corrected chi connectivity index (χ4v) is 1.73. The van der Waals surface area contributed by atoms with E-state index in [1.165, 1.54) is 13.0 Å². The van der Waals surface area contributed by atoms with Crippen molar-refractivity contribution in [1.29, 1.82) is 0 Å². The van der Waals surface area contributed by atoms with E-state index in [2.05, 4.69) is 29.0 Å². The number of pyridine rings is 1. The molecule has 3 heteroatoms. The number of rotatable bonds is 7. The van der Waals surface area contributed by atoms with Crippen LogP contribution in [0, 0.1) is 6.92 Å². The van der Waals surface area contributed by atoms with E-state index < -0.39 is 0 Å². The maximum Gasteiger partial charge on any atom is 0.126 e. The quantitative estimate of drug-likeness (QED) is 0.767. The Bertz CT molecular complexity index is 299. The van der Waals surface area contributed by atoms with Gasteiger partial charge >= 0.3 is 0 Å². The number of aromatic nitrogens is 1. The molecule has 1 rings (SSSR count). The third-order valence-electron chi connectivity index (χ3n) is 2.61. The summed E-state index contributed by atoms with van der Waals surface area (Å²) in [6, 6.07) is 6.07. The average molecular weight is 221 g/mol. The van der Waals surface area contributed by atoms with Gasteiger partial charge in [-0.15, -0.1) is 0 Å². The summed E-state index contributed by atoms with van der Waals surface area (Å²) in [5.41, 5.74) is 1.06. The van der Waals surface area contributed by atoms with E-state index >= 15 is 0 Å². The molecule has 90 valence electrons. The summed E-state index contributed by atoms with van der Waals surface area (Å²) >= 11 is 0. The molecule has 1 heterocycles. The summed E-state index contributed by atoms with van der Waals surface area (Å²) in [7, 11) is 0. The molecular formula is C13H23N3. The fraction of sp³-hybridized carbons (Fsp3) is 0.615. The molecule has 0 aliphatic carbocycles. The summed E-state index contributed by atoms with van der Waals surface area (Å²) in [6.45, 7) is 10.8. The van der Waals surface area contributed by atoms with Crippen molar-refractivity contribution in [3.05, 3.63) is 23.9 Å². The molecule has 0 aliphatic rings. The number of nitrogens with one attached hydrogen (secondary N) is 1. The first-order valence-electron chi connectivity index (χ1n) is 6.16. The molecule has 0 bridgehead atoms. The normalized spacial score (nSPS) is 10.8. The predicted octanol–water partition coefficient (Wildman–Crippen LogP) is 2.53. The molecule has 0 unspecified atom stereocenters. The minimum absolute atomic E-state index is 0.963. The van der Waals surface area contributed by atoms with Crippen molar-refractivity contribution >= 4 is 5.82 Å². The van der Waals surface area contributed by atoms with Gasteiger partial charge in [-0.05, 0) is 38.6 Å². The van der Waals surface area contributed by atoms with Crippen molar-refractivity contribution in [2.45, 2.75) is 27.2 Å². The molecular weight excluding hydrogens is 198 g/mol. The highest BCUT2D eigenvalue weighted by atomic mass is 15.1. The zero-order valence-corrected chi connectivity index (χ0v) is 10.7. The van der Waals surface area contributed by atoms with Crippen molar-refractivity contribution < 1.29 is 0 Å². The van der Waals surface area contributed by atoms with Crippen LogP contribution in [-0.2, 0) is 0 Å². The van der Waals surface area contributed by atoms with E-state index in [1.807, 2.05) is 25.1 Å². The van der Waals surface area contributed by atoms with Crippen LogP contribution in [0.15, 0.2) is 18.2 Å². The zero-order valence-electron chi connectivity index (χ0n) is 10.7. The van der Waals surface area contributed by atoms with Gasteiger partial charge in [0.05, 0.1) is 0 Å². The van der Waals surface area contributed by atoms with E-state index in [-0.39, 0.29) is 0 Å².